The van der Waals surface area contributed by atoms with Gasteiger partial charge in [-0.25, -0.2) is 0 Å². The van der Waals surface area contributed by atoms with Gasteiger partial charge in [-0.1, -0.05) is 237 Å². The Balaban J connectivity index is 1.11. The van der Waals surface area contributed by atoms with Crippen LogP contribution >= 0.6 is 0 Å². The van der Waals surface area contributed by atoms with E-state index in [1.807, 2.05) is 0 Å². The largest absolute Gasteiger partial charge is 0.0725 e. The van der Waals surface area contributed by atoms with E-state index < -0.39 is 5.41 Å². The molecule has 0 saturated heterocycles. The molecule has 0 aliphatic heterocycles. The van der Waals surface area contributed by atoms with E-state index in [4.69, 9.17) is 0 Å². The van der Waals surface area contributed by atoms with Crippen molar-refractivity contribution in [2.24, 2.45) is 0 Å². The van der Waals surface area contributed by atoms with Gasteiger partial charge >= 0.3 is 0 Å². The summed E-state index contributed by atoms with van der Waals surface area (Å²) in [6.45, 7) is 0. The smallest absolute Gasteiger partial charge is 0.0622 e. The van der Waals surface area contributed by atoms with Crippen molar-refractivity contribution in [1.29, 1.82) is 0 Å². The highest BCUT2D eigenvalue weighted by atomic mass is 14.5. The molecule has 63 heavy (non-hydrogen) atoms. The van der Waals surface area contributed by atoms with Gasteiger partial charge in [0.15, 0.2) is 0 Å². The van der Waals surface area contributed by atoms with Crippen LogP contribution in [0.25, 0.3) is 98.4 Å². The highest BCUT2D eigenvalue weighted by molar-refractivity contribution is 6.23. The van der Waals surface area contributed by atoms with E-state index in [9.17, 15) is 0 Å². The zero-order chi connectivity index (χ0) is 41.5. The van der Waals surface area contributed by atoms with Crippen LogP contribution in [0.15, 0.2) is 243 Å². The second kappa shape index (κ2) is 14.0. The van der Waals surface area contributed by atoms with Crippen molar-refractivity contribution in [3.8, 4) is 44.5 Å². The van der Waals surface area contributed by atoms with Crippen molar-refractivity contribution in [2.75, 3.05) is 0 Å². The molecule has 13 rings (SSSR count). The molecule has 0 heterocycles. The molecule has 1 aliphatic rings. The van der Waals surface area contributed by atoms with Gasteiger partial charge in [-0.2, -0.15) is 0 Å². The van der Waals surface area contributed by atoms with Crippen LogP contribution in [0.4, 0.5) is 0 Å². The van der Waals surface area contributed by atoms with Crippen molar-refractivity contribution in [2.45, 2.75) is 5.41 Å². The number of hydrogen-bond acceptors (Lipinski definition) is 0. The fraction of sp³-hybridized carbons (Fsp3) is 0.0159. The Morgan fingerprint density at radius 2 is 0.540 bits per heavy atom. The summed E-state index contributed by atoms with van der Waals surface area (Å²) in [5, 5.41) is 12.7. The second-order valence-corrected chi connectivity index (χ2v) is 17.0. The fourth-order valence-electron chi connectivity index (χ4n) is 11.4. The van der Waals surface area contributed by atoms with Gasteiger partial charge in [0, 0.05) is 0 Å². The molecule has 0 bridgehead atoms. The van der Waals surface area contributed by atoms with Gasteiger partial charge in [0.2, 0.25) is 0 Å². The van der Waals surface area contributed by atoms with E-state index >= 15 is 0 Å². The molecule has 0 radical (unpaired) electrons. The monoisotopic (exact) mass is 796 g/mol. The average molecular weight is 797 g/mol. The molecule has 0 nitrogen and oxygen atoms in total. The first-order valence-corrected chi connectivity index (χ1v) is 22.0. The minimum absolute atomic E-state index is 0.577. The lowest BCUT2D eigenvalue weighted by Gasteiger charge is -2.35. The molecular weight excluding hydrogens is 757 g/mol. The summed E-state index contributed by atoms with van der Waals surface area (Å²) in [4.78, 5) is 0. The Labute approximate surface area is 367 Å². The lowest BCUT2D eigenvalue weighted by molar-refractivity contribution is 0.783. The molecule has 12 aromatic carbocycles. The molecule has 0 spiro atoms. The van der Waals surface area contributed by atoms with Gasteiger partial charge in [-0.3, -0.25) is 0 Å². The molecule has 0 amide bonds. The Kier molecular flexibility index (Phi) is 7.92. The van der Waals surface area contributed by atoms with E-state index in [1.165, 1.54) is 121 Å². The maximum absolute atomic E-state index is 2.53. The quantitative estimate of drug-likeness (QED) is 0.120. The molecule has 0 heteroatoms. The Hall–Kier alpha value is -8.06. The van der Waals surface area contributed by atoms with Crippen molar-refractivity contribution >= 4 is 53.9 Å². The Bertz CT molecular complexity index is 3650. The summed E-state index contributed by atoms with van der Waals surface area (Å²) >= 11 is 0. The maximum Gasteiger partial charge on any atom is 0.0725 e. The highest BCUT2D eigenvalue weighted by Crippen LogP contribution is 2.62. The van der Waals surface area contributed by atoms with E-state index in [0.29, 0.717) is 0 Å². The minimum Gasteiger partial charge on any atom is -0.0622 e. The minimum atomic E-state index is -0.577. The van der Waals surface area contributed by atoms with Gasteiger partial charge in [0.25, 0.3) is 0 Å². The molecule has 12 aromatic rings. The molecule has 0 saturated carbocycles. The van der Waals surface area contributed by atoms with Crippen LogP contribution in [-0.4, -0.2) is 0 Å². The molecule has 0 atom stereocenters. The van der Waals surface area contributed by atoms with Crippen LogP contribution in [0, 0.1) is 0 Å². The Morgan fingerprint density at radius 3 is 1.03 bits per heavy atom. The zero-order valence-corrected chi connectivity index (χ0v) is 34.6. The van der Waals surface area contributed by atoms with Crippen molar-refractivity contribution in [1.82, 2.24) is 0 Å². The lowest BCUT2D eigenvalue weighted by atomic mass is 9.65. The van der Waals surface area contributed by atoms with Gasteiger partial charge in [-0.05, 0) is 127 Å². The summed E-state index contributed by atoms with van der Waals surface area (Å²) in [6, 6.07) is 90.4. The maximum atomic E-state index is 2.53. The van der Waals surface area contributed by atoms with Crippen LogP contribution < -0.4 is 0 Å². The van der Waals surface area contributed by atoms with Crippen LogP contribution in [0.2, 0.25) is 0 Å². The first-order valence-electron chi connectivity index (χ1n) is 22.0. The van der Waals surface area contributed by atoms with E-state index in [-0.39, 0.29) is 0 Å². The number of benzene rings is 12. The van der Waals surface area contributed by atoms with Crippen molar-refractivity contribution in [3.05, 3.63) is 265 Å². The summed E-state index contributed by atoms with van der Waals surface area (Å²) in [5.74, 6) is 0. The summed E-state index contributed by atoms with van der Waals surface area (Å²) in [7, 11) is 0. The van der Waals surface area contributed by atoms with Crippen molar-refractivity contribution < 1.29 is 0 Å². The summed E-state index contributed by atoms with van der Waals surface area (Å²) in [6.07, 6.45) is 0. The molecule has 1 aliphatic carbocycles. The average Bonchev–Trinajstić information content (AvgIpc) is 3.69. The topological polar surface area (TPSA) is 0 Å². The van der Waals surface area contributed by atoms with Crippen molar-refractivity contribution in [3.63, 3.8) is 0 Å². The predicted molar refractivity (Wildman–Crippen MR) is 268 cm³/mol. The van der Waals surface area contributed by atoms with Crippen LogP contribution in [-0.2, 0) is 5.41 Å². The van der Waals surface area contributed by atoms with E-state index in [2.05, 4.69) is 243 Å². The van der Waals surface area contributed by atoms with Gasteiger partial charge in [-0.15, -0.1) is 0 Å². The van der Waals surface area contributed by atoms with E-state index in [1.54, 1.807) is 0 Å². The SMILES string of the molecule is c1ccc(-c2c3ccccc3c(-c3ccc(-c4cc5c(c6ccccc46)C(c4ccccc4)(c4ccccc4)c4c-5c5ccccc5c5ccccc45)cc3)c3ccccc23)cc1. The van der Waals surface area contributed by atoms with Gasteiger partial charge in [0.1, 0.15) is 0 Å². The molecule has 0 N–H and O–H groups in total. The molecule has 292 valence electrons. The third-order valence-corrected chi connectivity index (χ3v) is 13.9. The summed E-state index contributed by atoms with van der Waals surface area (Å²) in [5.41, 5.74) is 14.8. The van der Waals surface area contributed by atoms with Gasteiger partial charge in [0.05, 0.1) is 5.41 Å². The standard InChI is InChI=1S/C63H40/c1-4-20-42(21-5-1)58-50-30-14-16-32-52(50)59(53-33-17-15-31-51(53)58)43-38-36-41(37-39-43)56-40-57-60-49-29-13-10-26-46(49)47-27-11-19-35-55(47)62(60)63(44-22-6-2-7-23-44,45-24-8-3-9-25-45)61(57)54-34-18-12-28-48(54)56/h1-40H. The van der Waals surface area contributed by atoms with E-state index in [0.717, 1.165) is 0 Å². The molecule has 0 aromatic heterocycles. The third-order valence-electron chi connectivity index (χ3n) is 13.9. The van der Waals surface area contributed by atoms with Crippen LogP contribution in [0.1, 0.15) is 22.3 Å². The lowest BCUT2D eigenvalue weighted by Crippen LogP contribution is -2.29. The Morgan fingerprint density at radius 1 is 0.206 bits per heavy atom. The van der Waals surface area contributed by atoms with Gasteiger partial charge < -0.3 is 0 Å². The zero-order valence-electron chi connectivity index (χ0n) is 34.6. The number of fused-ring (bicyclic) bond motifs is 12. The fourth-order valence-corrected chi connectivity index (χ4v) is 11.4. The first-order chi connectivity index (χ1) is 31.3. The number of hydrogen-bond donors (Lipinski definition) is 0. The first kappa shape index (κ1) is 35.7. The molecule has 0 unspecified atom stereocenters. The molecular formula is C63H40. The predicted octanol–water partition coefficient (Wildman–Crippen LogP) is 16.8. The normalized spacial score (nSPS) is 12.9. The summed E-state index contributed by atoms with van der Waals surface area (Å²) < 4.78 is 0. The second-order valence-electron chi connectivity index (χ2n) is 17.0. The number of rotatable bonds is 5. The highest BCUT2D eigenvalue weighted by Gasteiger charge is 2.49. The third kappa shape index (κ3) is 5.10. The van der Waals surface area contributed by atoms with Crippen LogP contribution in [0.5, 0.6) is 0 Å². The van der Waals surface area contributed by atoms with Crippen LogP contribution in [0.3, 0.4) is 0 Å². The molecule has 0 fully saturated rings.